The van der Waals surface area contributed by atoms with E-state index in [1.807, 2.05) is 50.2 Å². The molecule has 2 heterocycles. The average Bonchev–Trinajstić information content (AvgIpc) is 3.94. The average molecular weight is 853 g/mol. The summed E-state index contributed by atoms with van der Waals surface area (Å²) in [7, 11) is 10.5. The molecular weight excluding hydrogens is 813 g/mol. The molecule has 54 heavy (non-hydrogen) atoms. The van der Waals surface area contributed by atoms with Gasteiger partial charge >= 0.3 is 37.9 Å². The SMILES string of the molecule is Cc1ccc(C2=Cc3c(cc(C)c(C)c3-c3ccc(F)cc3)C2C[Si]CC2C(c3ccc(C)o3)=Cc3c2cc(C)c(C)c3-c2ccc(F)cc2)o1.[Cl][Zr][Cl]. The van der Waals surface area contributed by atoms with Crippen LogP contribution in [0, 0.1) is 53.2 Å². The van der Waals surface area contributed by atoms with Gasteiger partial charge < -0.3 is 8.83 Å². The predicted octanol–water partition coefficient (Wildman–Crippen LogP) is 14.2. The number of allylic oxidation sites excluding steroid dienone is 2. The van der Waals surface area contributed by atoms with Gasteiger partial charge in [0.25, 0.3) is 0 Å². The topological polar surface area (TPSA) is 26.3 Å². The first-order valence-electron chi connectivity index (χ1n) is 18.0. The van der Waals surface area contributed by atoms with Crippen LogP contribution < -0.4 is 0 Å². The molecule has 272 valence electrons. The van der Waals surface area contributed by atoms with E-state index in [4.69, 9.17) is 25.9 Å². The van der Waals surface area contributed by atoms with Crippen LogP contribution in [0.1, 0.15) is 79.4 Å². The van der Waals surface area contributed by atoms with E-state index in [9.17, 15) is 8.78 Å². The molecule has 0 spiro atoms. The van der Waals surface area contributed by atoms with Crippen LogP contribution in [0.15, 0.2) is 93.8 Å². The fraction of sp³-hybridized carbons (Fsp3) is 0.217. The van der Waals surface area contributed by atoms with Gasteiger partial charge in [-0.25, -0.2) is 8.78 Å². The fourth-order valence-corrected chi connectivity index (χ4v) is 9.74. The quantitative estimate of drug-likeness (QED) is 0.143. The first-order valence-corrected chi connectivity index (χ1v) is 25.8. The van der Waals surface area contributed by atoms with Crippen molar-refractivity contribution in [1.82, 2.24) is 0 Å². The van der Waals surface area contributed by atoms with E-state index < -0.39 is 20.8 Å². The summed E-state index contributed by atoms with van der Waals surface area (Å²) in [6.07, 6.45) is 4.63. The molecule has 2 radical (unpaired) electrons. The van der Waals surface area contributed by atoms with Crippen molar-refractivity contribution < 1.29 is 38.5 Å². The van der Waals surface area contributed by atoms with Crippen molar-refractivity contribution in [2.75, 3.05) is 0 Å². The second-order valence-electron chi connectivity index (χ2n) is 14.3. The molecule has 8 heteroatoms. The Labute approximate surface area is 337 Å². The van der Waals surface area contributed by atoms with Gasteiger partial charge in [0, 0.05) is 32.5 Å². The van der Waals surface area contributed by atoms with Crippen LogP contribution >= 0.6 is 17.0 Å². The Morgan fingerprint density at radius 1 is 0.574 bits per heavy atom. The summed E-state index contributed by atoms with van der Waals surface area (Å²) in [6.45, 7) is 12.7. The van der Waals surface area contributed by atoms with E-state index in [0.717, 1.165) is 46.3 Å². The third-order valence-electron chi connectivity index (χ3n) is 11.0. The fourth-order valence-electron chi connectivity index (χ4n) is 8.11. The van der Waals surface area contributed by atoms with Gasteiger partial charge in [-0.2, -0.15) is 0 Å². The Morgan fingerprint density at radius 3 is 1.28 bits per heavy atom. The van der Waals surface area contributed by atoms with Crippen LogP contribution in [0.25, 0.3) is 45.6 Å². The first-order chi connectivity index (χ1) is 26.0. The van der Waals surface area contributed by atoms with Crippen molar-refractivity contribution in [3.8, 4) is 22.3 Å². The van der Waals surface area contributed by atoms with Crippen molar-refractivity contribution >= 4 is 49.8 Å². The van der Waals surface area contributed by atoms with Crippen molar-refractivity contribution in [3.05, 3.63) is 164 Å². The molecule has 0 saturated carbocycles. The summed E-state index contributed by atoms with van der Waals surface area (Å²) in [4.78, 5) is 0. The minimum atomic E-state index is -0.826. The van der Waals surface area contributed by atoms with Crippen molar-refractivity contribution in [2.45, 2.75) is 65.5 Å². The number of furan rings is 2. The number of hydrogen-bond donors (Lipinski definition) is 0. The molecule has 0 fully saturated rings. The molecule has 4 aromatic carbocycles. The number of benzene rings is 4. The summed E-state index contributed by atoms with van der Waals surface area (Å²) in [5.74, 6) is 3.46. The summed E-state index contributed by atoms with van der Waals surface area (Å²) < 4.78 is 40.6. The van der Waals surface area contributed by atoms with Crippen LogP contribution in [0.5, 0.6) is 0 Å². The van der Waals surface area contributed by atoms with E-state index in [0.29, 0.717) is 9.52 Å². The van der Waals surface area contributed by atoms with Crippen LogP contribution in [-0.4, -0.2) is 9.52 Å². The molecule has 2 aliphatic carbocycles. The van der Waals surface area contributed by atoms with Gasteiger partial charge in [-0.05, 0) is 181 Å². The van der Waals surface area contributed by atoms with Gasteiger partial charge in [0.2, 0.25) is 0 Å². The standard InChI is InChI=1S/C46H40F2O2Si.2ClH.Zr/c1-25-19-35-39(45(29(25)5)31-9-13-33(47)14-10-31)21-37(43-17-7-27(3)49-43)41(35)23-51-24-42-36-20-26(2)30(6)46(32-11-15-34(48)16-12-32)40(36)22-38(42)44-18-8-28(4)50-44;;;/h7-22,41-42H,23-24H2,1-6H3;2*1H;/q;;;+2/p-2. The zero-order valence-electron chi connectivity index (χ0n) is 31.1. The second-order valence-corrected chi connectivity index (χ2v) is 19.3. The molecule has 2 unspecified atom stereocenters. The first kappa shape index (κ1) is 38.7. The molecule has 0 N–H and O–H groups in total. The van der Waals surface area contributed by atoms with Crippen molar-refractivity contribution in [1.29, 1.82) is 0 Å². The Balaban J connectivity index is 0.00000145. The van der Waals surface area contributed by atoms with Gasteiger partial charge in [-0.3, -0.25) is 0 Å². The van der Waals surface area contributed by atoms with Gasteiger partial charge in [0.05, 0.1) is 0 Å². The Bertz CT molecular complexity index is 2240. The Kier molecular flexibility index (Phi) is 11.7. The van der Waals surface area contributed by atoms with Gasteiger partial charge in [-0.15, -0.1) is 0 Å². The van der Waals surface area contributed by atoms with Crippen LogP contribution in [0.4, 0.5) is 8.78 Å². The van der Waals surface area contributed by atoms with Crippen molar-refractivity contribution in [2.24, 2.45) is 0 Å². The second kappa shape index (κ2) is 16.3. The number of hydrogen-bond acceptors (Lipinski definition) is 2. The molecule has 2 aromatic heterocycles. The van der Waals surface area contributed by atoms with Crippen LogP contribution in [0.3, 0.4) is 0 Å². The Hall–Kier alpha value is -3.54. The van der Waals surface area contributed by atoms with Gasteiger partial charge in [0.1, 0.15) is 34.7 Å². The molecule has 2 aliphatic rings. The van der Waals surface area contributed by atoms with E-state index in [2.05, 4.69) is 64.1 Å². The number of fused-ring (bicyclic) bond motifs is 2. The number of aryl methyl sites for hydroxylation is 4. The van der Waals surface area contributed by atoms with Crippen LogP contribution in [-0.2, 0) is 20.8 Å². The molecule has 0 saturated heterocycles. The molecule has 2 nitrogen and oxygen atoms in total. The summed E-state index contributed by atoms with van der Waals surface area (Å²) in [6, 6.07) is 28.7. The van der Waals surface area contributed by atoms with Crippen molar-refractivity contribution in [3.63, 3.8) is 0 Å². The van der Waals surface area contributed by atoms with E-state index in [1.54, 1.807) is 24.3 Å². The third kappa shape index (κ3) is 7.52. The predicted molar refractivity (Wildman–Crippen MR) is 218 cm³/mol. The van der Waals surface area contributed by atoms with Crippen LogP contribution in [0.2, 0.25) is 12.1 Å². The summed E-state index contributed by atoms with van der Waals surface area (Å²) >= 11 is -0.826. The number of halogens is 4. The summed E-state index contributed by atoms with van der Waals surface area (Å²) in [5, 5.41) is 0. The molecular formula is C46H40Cl2F2O2SiZr. The Morgan fingerprint density at radius 2 is 0.944 bits per heavy atom. The molecule has 0 bridgehead atoms. The monoisotopic (exact) mass is 850 g/mol. The maximum atomic E-state index is 14.0. The molecule has 0 amide bonds. The van der Waals surface area contributed by atoms with E-state index in [1.165, 1.54) is 66.8 Å². The zero-order valence-corrected chi connectivity index (χ0v) is 36.1. The van der Waals surface area contributed by atoms with Gasteiger partial charge in [-0.1, -0.05) is 36.4 Å². The zero-order chi connectivity index (χ0) is 38.3. The summed E-state index contributed by atoms with van der Waals surface area (Å²) in [5.41, 5.74) is 16.7. The van der Waals surface area contributed by atoms with Gasteiger partial charge in [0.15, 0.2) is 0 Å². The van der Waals surface area contributed by atoms with E-state index >= 15 is 0 Å². The molecule has 6 aromatic rings. The number of rotatable bonds is 8. The van der Waals surface area contributed by atoms with E-state index in [-0.39, 0.29) is 23.5 Å². The molecule has 2 atom stereocenters. The third-order valence-corrected chi connectivity index (χ3v) is 12.3. The molecule has 8 rings (SSSR count). The molecule has 0 aliphatic heterocycles. The normalized spacial score (nSPS) is 15.7. The minimum absolute atomic E-state index is 0.163. The maximum absolute atomic E-state index is 14.0.